The van der Waals surface area contributed by atoms with Gasteiger partial charge < -0.3 is 14.0 Å². The Morgan fingerprint density at radius 2 is 1.87 bits per heavy atom. The summed E-state index contributed by atoms with van der Waals surface area (Å²) in [5, 5.41) is 9.81. The number of Topliss-reactive ketones (excluding diaryl/α,β-unsaturated/α-hetero) is 1. The molecule has 0 unspecified atom stereocenters. The van der Waals surface area contributed by atoms with Gasteiger partial charge in [-0.05, 0) is 43.2 Å². The molecule has 0 N–H and O–H groups in total. The Balaban J connectivity index is 1.66. The maximum atomic E-state index is 12.7. The fraction of sp³-hybridized carbons (Fsp3) is 0.435. The third-order valence-corrected chi connectivity index (χ3v) is 6.75. The molecule has 0 amide bonds. The smallest absolute Gasteiger partial charge is 0.192 e. The van der Waals surface area contributed by atoms with Crippen LogP contribution >= 0.6 is 11.8 Å². The lowest BCUT2D eigenvalue weighted by Crippen LogP contribution is -2.16. The number of methoxy groups -OCH3 is 2. The Kier molecular flexibility index (Phi) is 6.65. The highest BCUT2D eigenvalue weighted by Gasteiger charge is 2.25. The lowest BCUT2D eigenvalue weighted by Gasteiger charge is -2.25. The molecule has 7 nitrogen and oxygen atoms in total. The zero-order chi connectivity index (χ0) is 21.8. The molecule has 2 aromatic heterocycles. The molecule has 0 spiro atoms. The van der Waals surface area contributed by atoms with E-state index in [9.17, 15) is 4.79 Å². The Bertz CT molecular complexity index is 1050. The summed E-state index contributed by atoms with van der Waals surface area (Å²) >= 11 is 1.46. The fourth-order valence-corrected chi connectivity index (χ4v) is 5.05. The normalized spacial score (nSPS) is 14.5. The Morgan fingerprint density at radius 1 is 1.10 bits per heavy atom. The predicted molar refractivity (Wildman–Crippen MR) is 121 cm³/mol. The van der Waals surface area contributed by atoms with E-state index in [1.165, 1.54) is 31.0 Å². The standard InChI is InChI=1S/C23H28N4O3S/c1-26-13-7-10-18(26)19(28)15-31-23-25-24-22(27(23)17-8-5-4-6-9-17)16-11-12-20(29-2)21(14-16)30-3/h7,10-14,17H,4-6,8-9,15H2,1-3H3. The van der Waals surface area contributed by atoms with Crippen LogP contribution in [0.2, 0.25) is 0 Å². The lowest BCUT2D eigenvalue weighted by atomic mass is 9.95. The molecule has 0 radical (unpaired) electrons. The first-order valence-corrected chi connectivity index (χ1v) is 11.6. The van der Waals surface area contributed by atoms with Crippen LogP contribution < -0.4 is 9.47 Å². The first-order valence-electron chi connectivity index (χ1n) is 10.6. The van der Waals surface area contributed by atoms with E-state index in [4.69, 9.17) is 9.47 Å². The van der Waals surface area contributed by atoms with E-state index in [2.05, 4.69) is 14.8 Å². The van der Waals surface area contributed by atoms with Gasteiger partial charge in [-0.3, -0.25) is 9.36 Å². The van der Waals surface area contributed by atoms with Gasteiger partial charge in [0.1, 0.15) is 0 Å². The number of thioether (sulfide) groups is 1. The number of ketones is 1. The van der Waals surface area contributed by atoms with E-state index in [0.29, 0.717) is 29.0 Å². The van der Waals surface area contributed by atoms with Gasteiger partial charge in [0, 0.05) is 24.8 Å². The summed E-state index contributed by atoms with van der Waals surface area (Å²) in [6, 6.07) is 9.88. The van der Waals surface area contributed by atoms with Crippen molar-refractivity contribution in [1.82, 2.24) is 19.3 Å². The third-order valence-electron chi connectivity index (χ3n) is 5.81. The van der Waals surface area contributed by atoms with Crippen molar-refractivity contribution in [2.75, 3.05) is 20.0 Å². The molecule has 4 rings (SSSR count). The number of hydrogen-bond acceptors (Lipinski definition) is 6. The molecule has 2 heterocycles. The van der Waals surface area contributed by atoms with E-state index in [1.807, 2.05) is 48.1 Å². The van der Waals surface area contributed by atoms with E-state index in [1.54, 1.807) is 14.2 Å². The van der Waals surface area contributed by atoms with Gasteiger partial charge in [0.2, 0.25) is 0 Å². The van der Waals surface area contributed by atoms with Gasteiger partial charge in [-0.25, -0.2) is 0 Å². The molecule has 0 saturated heterocycles. The van der Waals surface area contributed by atoms with Gasteiger partial charge in [0.15, 0.2) is 28.3 Å². The number of nitrogens with zero attached hydrogens (tertiary/aromatic N) is 4. The number of benzene rings is 1. The first kappa shape index (κ1) is 21.5. The molecule has 0 aliphatic heterocycles. The summed E-state index contributed by atoms with van der Waals surface area (Å²) in [4.78, 5) is 12.7. The fourth-order valence-electron chi connectivity index (χ4n) is 4.17. The summed E-state index contributed by atoms with van der Waals surface area (Å²) in [6.45, 7) is 0. The summed E-state index contributed by atoms with van der Waals surface area (Å²) < 4.78 is 14.9. The highest BCUT2D eigenvalue weighted by Crippen LogP contribution is 2.38. The van der Waals surface area contributed by atoms with Crippen molar-refractivity contribution in [1.29, 1.82) is 0 Å². The van der Waals surface area contributed by atoms with Gasteiger partial charge in [-0.2, -0.15) is 0 Å². The zero-order valence-electron chi connectivity index (χ0n) is 18.2. The van der Waals surface area contributed by atoms with Crippen molar-refractivity contribution < 1.29 is 14.3 Å². The molecule has 1 aromatic carbocycles. The molecule has 1 aliphatic rings. The van der Waals surface area contributed by atoms with Crippen molar-refractivity contribution in [3.63, 3.8) is 0 Å². The molecule has 0 atom stereocenters. The Morgan fingerprint density at radius 3 is 2.55 bits per heavy atom. The molecule has 164 valence electrons. The average molecular weight is 441 g/mol. The minimum absolute atomic E-state index is 0.0864. The van der Waals surface area contributed by atoms with Crippen LogP contribution in [0.5, 0.6) is 11.5 Å². The summed E-state index contributed by atoms with van der Waals surface area (Å²) in [6.07, 6.45) is 7.73. The van der Waals surface area contributed by atoms with Crippen LogP contribution in [0.4, 0.5) is 0 Å². The van der Waals surface area contributed by atoms with Crippen LogP contribution in [-0.2, 0) is 7.05 Å². The number of aryl methyl sites for hydroxylation is 1. The van der Waals surface area contributed by atoms with E-state index < -0.39 is 0 Å². The second kappa shape index (κ2) is 9.60. The van der Waals surface area contributed by atoms with Crippen molar-refractivity contribution in [2.24, 2.45) is 7.05 Å². The highest BCUT2D eigenvalue weighted by molar-refractivity contribution is 7.99. The van der Waals surface area contributed by atoms with Crippen molar-refractivity contribution in [3.8, 4) is 22.9 Å². The highest BCUT2D eigenvalue weighted by atomic mass is 32.2. The minimum Gasteiger partial charge on any atom is -0.493 e. The third kappa shape index (κ3) is 4.49. The molecule has 0 bridgehead atoms. The van der Waals surface area contributed by atoms with Gasteiger partial charge in [-0.1, -0.05) is 31.0 Å². The maximum Gasteiger partial charge on any atom is 0.192 e. The molecule has 31 heavy (non-hydrogen) atoms. The number of ether oxygens (including phenoxy) is 2. The summed E-state index contributed by atoms with van der Waals surface area (Å²) in [5.41, 5.74) is 1.63. The molecular formula is C23H28N4O3S. The summed E-state index contributed by atoms with van der Waals surface area (Å²) in [5.74, 6) is 2.56. The van der Waals surface area contributed by atoms with Crippen LogP contribution in [0.1, 0.15) is 48.6 Å². The van der Waals surface area contributed by atoms with Crippen molar-refractivity contribution >= 4 is 17.5 Å². The number of carbonyl (C=O) groups excluding carboxylic acids is 1. The topological polar surface area (TPSA) is 71.2 Å². The quantitative estimate of drug-likeness (QED) is 0.371. The molecule has 1 fully saturated rings. The van der Waals surface area contributed by atoms with Gasteiger partial charge >= 0.3 is 0 Å². The lowest BCUT2D eigenvalue weighted by molar-refractivity contribution is 0.101. The van der Waals surface area contributed by atoms with Crippen LogP contribution in [-0.4, -0.2) is 45.1 Å². The number of carbonyl (C=O) groups is 1. The predicted octanol–water partition coefficient (Wildman–Crippen LogP) is 4.78. The molecular weight excluding hydrogens is 412 g/mol. The van der Waals surface area contributed by atoms with Crippen LogP contribution in [0.25, 0.3) is 11.4 Å². The van der Waals surface area contributed by atoms with E-state index >= 15 is 0 Å². The van der Waals surface area contributed by atoms with E-state index in [-0.39, 0.29) is 5.78 Å². The van der Waals surface area contributed by atoms with Crippen LogP contribution in [0.3, 0.4) is 0 Å². The number of aromatic nitrogens is 4. The SMILES string of the molecule is COc1ccc(-c2nnc(SCC(=O)c3cccn3C)n2C2CCCCC2)cc1OC. The maximum absolute atomic E-state index is 12.7. The number of rotatable bonds is 8. The van der Waals surface area contributed by atoms with Crippen LogP contribution in [0.15, 0.2) is 41.7 Å². The Hall–Kier alpha value is -2.74. The first-order chi connectivity index (χ1) is 15.1. The second-order valence-electron chi connectivity index (χ2n) is 7.75. The van der Waals surface area contributed by atoms with Gasteiger partial charge in [0.25, 0.3) is 0 Å². The monoisotopic (exact) mass is 440 g/mol. The Labute approximate surface area is 186 Å². The number of hydrogen-bond donors (Lipinski definition) is 0. The molecule has 8 heteroatoms. The minimum atomic E-state index is 0.0864. The summed E-state index contributed by atoms with van der Waals surface area (Å²) in [7, 11) is 5.14. The molecule has 1 aliphatic carbocycles. The average Bonchev–Trinajstić information content (AvgIpc) is 3.43. The van der Waals surface area contributed by atoms with Crippen molar-refractivity contribution in [2.45, 2.75) is 43.3 Å². The molecule has 1 saturated carbocycles. The van der Waals surface area contributed by atoms with Crippen molar-refractivity contribution in [3.05, 3.63) is 42.2 Å². The van der Waals surface area contributed by atoms with Gasteiger partial charge in [0.05, 0.1) is 25.7 Å². The van der Waals surface area contributed by atoms with Crippen LogP contribution in [0, 0.1) is 0 Å². The van der Waals surface area contributed by atoms with E-state index in [0.717, 1.165) is 29.4 Å². The zero-order valence-corrected chi connectivity index (χ0v) is 19.0. The largest absolute Gasteiger partial charge is 0.493 e. The molecule has 3 aromatic rings. The second-order valence-corrected chi connectivity index (χ2v) is 8.70. The van der Waals surface area contributed by atoms with Gasteiger partial charge in [-0.15, -0.1) is 10.2 Å².